The molecule has 0 aliphatic carbocycles. The second-order valence-corrected chi connectivity index (χ2v) is 7.51. The van der Waals surface area contributed by atoms with Crippen LogP contribution in [0.4, 0.5) is 0 Å². The monoisotopic (exact) mass is 345 g/mol. The van der Waals surface area contributed by atoms with Crippen LogP contribution in [0.25, 0.3) is 0 Å². The molecule has 0 saturated carbocycles. The van der Waals surface area contributed by atoms with Gasteiger partial charge in [-0.15, -0.1) is 11.3 Å². The molecule has 4 nitrogen and oxygen atoms in total. The van der Waals surface area contributed by atoms with Crippen LogP contribution in [-0.4, -0.2) is 17.4 Å². The molecule has 130 valence electrons. The minimum atomic E-state index is -0.170. The Kier molecular flexibility index (Phi) is 6.94. The summed E-state index contributed by atoms with van der Waals surface area (Å²) < 4.78 is 0. The minimum Gasteiger partial charge on any atom is -0.354 e. The largest absolute Gasteiger partial charge is 0.354 e. The number of amides is 1. The summed E-state index contributed by atoms with van der Waals surface area (Å²) in [4.78, 5) is 16.3. The molecule has 0 radical (unpaired) electrons. The van der Waals surface area contributed by atoms with Gasteiger partial charge in [-0.1, -0.05) is 38.1 Å². The third-order valence-electron chi connectivity index (χ3n) is 4.05. The van der Waals surface area contributed by atoms with E-state index in [1.54, 1.807) is 11.3 Å². The highest BCUT2D eigenvalue weighted by Gasteiger charge is 2.09. The predicted molar refractivity (Wildman–Crippen MR) is 100 cm³/mol. The highest BCUT2D eigenvalue weighted by molar-refractivity contribution is 7.09. The molecule has 1 heterocycles. The van der Waals surface area contributed by atoms with Crippen molar-refractivity contribution in [3.63, 3.8) is 0 Å². The molecule has 1 unspecified atom stereocenters. The molecule has 1 atom stereocenters. The van der Waals surface area contributed by atoms with E-state index in [2.05, 4.69) is 53.8 Å². The second kappa shape index (κ2) is 8.94. The number of nitrogens with two attached hydrogens (primary N) is 1. The van der Waals surface area contributed by atoms with Gasteiger partial charge >= 0.3 is 0 Å². The van der Waals surface area contributed by atoms with E-state index < -0.39 is 0 Å². The van der Waals surface area contributed by atoms with Crippen LogP contribution in [0.2, 0.25) is 0 Å². The number of carbonyl (C=O) groups is 1. The number of carbonyl (C=O) groups excluding carboxylic acids is 1. The van der Waals surface area contributed by atoms with Crippen LogP contribution in [0.3, 0.4) is 0 Å². The van der Waals surface area contributed by atoms with Crippen LogP contribution in [0.5, 0.6) is 0 Å². The molecular formula is C19H27N3OS. The van der Waals surface area contributed by atoms with Crippen molar-refractivity contribution in [1.29, 1.82) is 0 Å². The van der Waals surface area contributed by atoms with E-state index >= 15 is 0 Å². The smallest absolute Gasteiger partial charge is 0.220 e. The van der Waals surface area contributed by atoms with Crippen LogP contribution in [0, 0.1) is 6.92 Å². The van der Waals surface area contributed by atoms with Gasteiger partial charge in [-0.3, -0.25) is 4.79 Å². The van der Waals surface area contributed by atoms with Crippen LogP contribution in [0.15, 0.2) is 29.6 Å². The van der Waals surface area contributed by atoms with Crippen molar-refractivity contribution in [3.8, 4) is 0 Å². The van der Waals surface area contributed by atoms with Crippen molar-refractivity contribution < 1.29 is 4.79 Å². The minimum absolute atomic E-state index is 0.0520. The Morgan fingerprint density at radius 3 is 2.50 bits per heavy atom. The molecule has 3 N–H and O–H groups in total. The van der Waals surface area contributed by atoms with Crippen LogP contribution in [0.1, 0.15) is 60.5 Å². The lowest BCUT2D eigenvalue weighted by Gasteiger charge is -2.14. The number of thiazole rings is 1. The molecule has 2 aromatic rings. The molecule has 0 saturated heterocycles. The number of aromatic nitrogens is 1. The third kappa shape index (κ3) is 5.73. The van der Waals surface area contributed by atoms with Gasteiger partial charge in [-0.05, 0) is 36.8 Å². The highest BCUT2D eigenvalue weighted by atomic mass is 32.1. The summed E-state index contributed by atoms with van der Waals surface area (Å²) in [7, 11) is 0. The first kappa shape index (κ1) is 18.6. The molecule has 0 bridgehead atoms. The van der Waals surface area contributed by atoms with Crippen LogP contribution in [-0.2, 0) is 11.2 Å². The zero-order valence-electron chi connectivity index (χ0n) is 14.7. The number of rotatable bonds is 8. The van der Waals surface area contributed by atoms with Gasteiger partial charge in [0.25, 0.3) is 0 Å². The number of nitrogens with zero attached hydrogens (tertiary/aromatic N) is 1. The van der Waals surface area contributed by atoms with Crippen molar-refractivity contribution in [3.05, 3.63) is 51.5 Å². The summed E-state index contributed by atoms with van der Waals surface area (Å²) in [6, 6.07) is 8.15. The van der Waals surface area contributed by atoms with E-state index in [4.69, 9.17) is 5.73 Å². The summed E-state index contributed by atoms with van der Waals surface area (Å²) in [6.07, 6.45) is 2.17. The van der Waals surface area contributed by atoms with Crippen molar-refractivity contribution in [2.24, 2.45) is 5.73 Å². The summed E-state index contributed by atoms with van der Waals surface area (Å²) in [6.45, 7) is 6.80. The maximum absolute atomic E-state index is 11.9. The molecule has 1 aromatic heterocycles. The zero-order chi connectivity index (χ0) is 17.5. The van der Waals surface area contributed by atoms with Crippen molar-refractivity contribution in [1.82, 2.24) is 10.3 Å². The fraction of sp³-hybridized carbons (Fsp3) is 0.474. The Hall–Kier alpha value is -1.72. The van der Waals surface area contributed by atoms with Gasteiger partial charge in [-0.2, -0.15) is 0 Å². The molecule has 0 fully saturated rings. The number of hydrogen-bond acceptors (Lipinski definition) is 4. The first-order chi connectivity index (χ1) is 11.5. The fourth-order valence-electron chi connectivity index (χ4n) is 2.51. The van der Waals surface area contributed by atoms with Crippen molar-refractivity contribution in [2.45, 2.75) is 52.0 Å². The van der Waals surface area contributed by atoms with Crippen LogP contribution < -0.4 is 11.1 Å². The SMILES string of the molecule is Cc1nc(CCCC(=O)NCC(N)c2ccc(C(C)C)cc2)cs1. The number of aryl methyl sites for hydroxylation is 2. The van der Waals surface area contributed by atoms with Gasteiger partial charge < -0.3 is 11.1 Å². The first-order valence-electron chi connectivity index (χ1n) is 8.49. The fourth-order valence-corrected chi connectivity index (χ4v) is 3.16. The second-order valence-electron chi connectivity index (χ2n) is 6.44. The van der Waals surface area contributed by atoms with E-state index in [1.807, 2.05) is 6.92 Å². The van der Waals surface area contributed by atoms with Crippen molar-refractivity contribution >= 4 is 17.2 Å². The van der Waals surface area contributed by atoms with Gasteiger partial charge in [0.05, 0.1) is 10.7 Å². The maximum atomic E-state index is 11.9. The summed E-state index contributed by atoms with van der Waals surface area (Å²) in [5.74, 6) is 0.563. The van der Waals surface area contributed by atoms with Crippen LogP contribution >= 0.6 is 11.3 Å². The van der Waals surface area contributed by atoms with E-state index in [1.165, 1.54) is 5.56 Å². The van der Waals surface area contributed by atoms with E-state index in [0.29, 0.717) is 18.9 Å². The van der Waals surface area contributed by atoms with E-state index in [0.717, 1.165) is 29.1 Å². The topological polar surface area (TPSA) is 68.0 Å². The summed E-state index contributed by atoms with van der Waals surface area (Å²) >= 11 is 1.65. The number of benzene rings is 1. The lowest BCUT2D eigenvalue weighted by molar-refractivity contribution is -0.121. The summed E-state index contributed by atoms with van der Waals surface area (Å²) in [5, 5.41) is 6.06. The molecule has 0 aliphatic heterocycles. The Morgan fingerprint density at radius 2 is 1.92 bits per heavy atom. The molecule has 1 aromatic carbocycles. The molecular weight excluding hydrogens is 318 g/mol. The molecule has 0 spiro atoms. The lowest BCUT2D eigenvalue weighted by atomic mass is 9.99. The quantitative estimate of drug-likeness (QED) is 0.766. The third-order valence-corrected chi connectivity index (χ3v) is 4.88. The van der Waals surface area contributed by atoms with Gasteiger partial charge in [0.1, 0.15) is 0 Å². The molecule has 5 heteroatoms. The maximum Gasteiger partial charge on any atom is 0.220 e. The van der Waals surface area contributed by atoms with E-state index in [-0.39, 0.29) is 11.9 Å². The number of nitrogens with one attached hydrogen (secondary N) is 1. The highest BCUT2D eigenvalue weighted by Crippen LogP contribution is 2.17. The van der Waals surface area contributed by atoms with Crippen molar-refractivity contribution in [2.75, 3.05) is 6.54 Å². The Bertz CT molecular complexity index is 649. The predicted octanol–water partition coefficient (Wildman–Crippen LogP) is 3.71. The van der Waals surface area contributed by atoms with Gasteiger partial charge in [-0.25, -0.2) is 4.98 Å². The molecule has 1 amide bonds. The Balaban J connectivity index is 1.70. The lowest BCUT2D eigenvalue weighted by Crippen LogP contribution is -2.31. The normalized spacial score (nSPS) is 12.4. The standard InChI is InChI=1S/C19H27N3OS/c1-13(2)15-7-9-16(10-8-15)18(20)11-21-19(23)6-4-5-17-12-24-14(3)22-17/h7-10,12-13,18H,4-6,11,20H2,1-3H3,(H,21,23). The average Bonchev–Trinajstić information content (AvgIpc) is 2.98. The van der Waals surface area contributed by atoms with Gasteiger partial charge in [0.2, 0.25) is 5.91 Å². The number of hydrogen-bond donors (Lipinski definition) is 2. The Morgan fingerprint density at radius 1 is 1.25 bits per heavy atom. The summed E-state index contributed by atoms with van der Waals surface area (Å²) in [5.41, 5.74) is 9.60. The van der Waals surface area contributed by atoms with E-state index in [9.17, 15) is 4.79 Å². The molecule has 2 rings (SSSR count). The zero-order valence-corrected chi connectivity index (χ0v) is 15.5. The molecule has 24 heavy (non-hydrogen) atoms. The Labute approximate surface area is 148 Å². The first-order valence-corrected chi connectivity index (χ1v) is 9.37. The molecule has 0 aliphatic rings. The average molecular weight is 346 g/mol. The van der Waals surface area contributed by atoms with Gasteiger partial charge in [0.15, 0.2) is 0 Å². The van der Waals surface area contributed by atoms with Gasteiger partial charge in [0, 0.05) is 24.4 Å².